The van der Waals surface area contributed by atoms with Crippen LogP contribution in [-0.2, 0) is 13.1 Å². The SMILES string of the molecule is Cl.Cl.OCC1CNCc2nccn2C1. The van der Waals surface area contributed by atoms with Gasteiger partial charge in [-0.25, -0.2) is 4.98 Å². The minimum atomic E-state index is 0. The number of aromatic nitrogens is 2. The van der Waals surface area contributed by atoms with E-state index in [0.717, 1.165) is 25.5 Å². The van der Waals surface area contributed by atoms with Crippen molar-refractivity contribution in [3.63, 3.8) is 0 Å². The van der Waals surface area contributed by atoms with Crippen molar-refractivity contribution in [2.75, 3.05) is 13.2 Å². The molecule has 0 fully saturated rings. The summed E-state index contributed by atoms with van der Waals surface area (Å²) in [4.78, 5) is 4.20. The van der Waals surface area contributed by atoms with Crippen molar-refractivity contribution in [1.82, 2.24) is 14.9 Å². The molecule has 14 heavy (non-hydrogen) atoms. The molecule has 0 spiro atoms. The van der Waals surface area contributed by atoms with Gasteiger partial charge in [0.05, 0.1) is 6.54 Å². The third kappa shape index (κ3) is 2.85. The van der Waals surface area contributed by atoms with E-state index in [1.807, 2.05) is 6.20 Å². The summed E-state index contributed by atoms with van der Waals surface area (Å²) in [6, 6.07) is 0. The lowest BCUT2D eigenvalue weighted by molar-refractivity contribution is 0.212. The van der Waals surface area contributed by atoms with E-state index >= 15 is 0 Å². The van der Waals surface area contributed by atoms with Crippen molar-refractivity contribution < 1.29 is 5.11 Å². The number of nitrogens with one attached hydrogen (secondary N) is 1. The highest BCUT2D eigenvalue weighted by Gasteiger charge is 2.14. The Labute approximate surface area is 95.5 Å². The van der Waals surface area contributed by atoms with E-state index in [1.54, 1.807) is 6.20 Å². The normalized spacial score (nSPS) is 19.9. The van der Waals surface area contributed by atoms with E-state index in [4.69, 9.17) is 5.11 Å². The lowest BCUT2D eigenvalue weighted by atomic mass is 10.1. The van der Waals surface area contributed by atoms with Crippen LogP contribution in [0.1, 0.15) is 5.82 Å². The van der Waals surface area contributed by atoms with E-state index in [2.05, 4.69) is 14.9 Å². The predicted octanol–water partition coefficient (Wildman–Crippen LogP) is 0.438. The first-order chi connectivity index (χ1) is 5.90. The molecule has 0 radical (unpaired) electrons. The van der Waals surface area contributed by atoms with Crippen molar-refractivity contribution in [2.45, 2.75) is 13.1 Å². The molecule has 1 atom stereocenters. The second kappa shape index (κ2) is 6.24. The summed E-state index contributed by atoms with van der Waals surface area (Å²) in [5, 5.41) is 12.3. The lowest BCUT2D eigenvalue weighted by Gasteiger charge is -2.10. The number of hydrogen-bond acceptors (Lipinski definition) is 3. The Bertz CT molecular complexity index is 267. The average Bonchev–Trinajstić information content (AvgIpc) is 2.43. The highest BCUT2D eigenvalue weighted by atomic mass is 35.5. The average molecular weight is 240 g/mol. The molecule has 2 N–H and O–H groups in total. The number of nitrogens with zero attached hydrogens (tertiary/aromatic N) is 2. The highest BCUT2D eigenvalue weighted by Crippen LogP contribution is 2.07. The van der Waals surface area contributed by atoms with E-state index in [9.17, 15) is 0 Å². The molecular weight excluding hydrogens is 225 g/mol. The third-order valence-corrected chi connectivity index (χ3v) is 2.23. The maximum Gasteiger partial charge on any atom is 0.122 e. The molecule has 0 aliphatic carbocycles. The van der Waals surface area contributed by atoms with Gasteiger partial charge in [-0.15, -0.1) is 24.8 Å². The van der Waals surface area contributed by atoms with Crippen LogP contribution in [-0.4, -0.2) is 27.8 Å². The molecule has 1 aromatic heterocycles. The predicted molar refractivity (Wildman–Crippen MR) is 59.0 cm³/mol. The summed E-state index contributed by atoms with van der Waals surface area (Å²) in [7, 11) is 0. The fraction of sp³-hybridized carbons (Fsp3) is 0.625. The second-order valence-corrected chi connectivity index (χ2v) is 3.18. The zero-order chi connectivity index (χ0) is 8.39. The summed E-state index contributed by atoms with van der Waals surface area (Å²) < 4.78 is 2.10. The van der Waals surface area contributed by atoms with Crippen LogP contribution in [0.4, 0.5) is 0 Å². The molecule has 0 bridgehead atoms. The minimum absolute atomic E-state index is 0. The molecular formula is C8H15Cl2N3O. The van der Waals surface area contributed by atoms with Crippen LogP contribution in [0, 0.1) is 5.92 Å². The van der Waals surface area contributed by atoms with Crippen LogP contribution in [0.2, 0.25) is 0 Å². The standard InChI is InChI=1S/C8H13N3O.2ClH/c12-6-7-3-9-4-8-10-1-2-11(8)5-7;;/h1-2,7,9,12H,3-6H2;2*1H. The number of aliphatic hydroxyl groups is 1. The van der Waals surface area contributed by atoms with Gasteiger partial charge in [0.15, 0.2) is 0 Å². The van der Waals surface area contributed by atoms with Crippen LogP contribution in [0.15, 0.2) is 12.4 Å². The highest BCUT2D eigenvalue weighted by molar-refractivity contribution is 5.85. The monoisotopic (exact) mass is 239 g/mol. The number of rotatable bonds is 1. The summed E-state index contributed by atoms with van der Waals surface area (Å²) in [6.07, 6.45) is 3.77. The largest absolute Gasteiger partial charge is 0.396 e. The zero-order valence-electron chi connectivity index (χ0n) is 7.72. The smallest absolute Gasteiger partial charge is 0.122 e. The van der Waals surface area contributed by atoms with E-state index in [0.29, 0.717) is 5.92 Å². The summed E-state index contributed by atoms with van der Waals surface area (Å²) in [6.45, 7) is 2.80. The summed E-state index contributed by atoms with van der Waals surface area (Å²) in [5.41, 5.74) is 0. The molecule has 0 aromatic carbocycles. The Morgan fingerprint density at radius 1 is 1.57 bits per heavy atom. The van der Waals surface area contributed by atoms with E-state index in [-0.39, 0.29) is 31.4 Å². The van der Waals surface area contributed by atoms with Gasteiger partial charge < -0.3 is 15.0 Å². The molecule has 1 aliphatic heterocycles. The van der Waals surface area contributed by atoms with Gasteiger partial charge in [0.1, 0.15) is 5.82 Å². The molecule has 2 rings (SSSR count). The lowest BCUT2D eigenvalue weighted by Crippen LogP contribution is -2.23. The summed E-state index contributed by atoms with van der Waals surface area (Å²) in [5.74, 6) is 1.38. The Balaban J connectivity index is 0.000000845. The van der Waals surface area contributed by atoms with Crippen molar-refractivity contribution in [3.8, 4) is 0 Å². The quantitative estimate of drug-likeness (QED) is 0.748. The molecule has 6 heteroatoms. The topological polar surface area (TPSA) is 50.1 Å². The van der Waals surface area contributed by atoms with Gasteiger partial charge in [0.25, 0.3) is 0 Å². The van der Waals surface area contributed by atoms with Gasteiger partial charge in [-0.1, -0.05) is 0 Å². The van der Waals surface area contributed by atoms with Gasteiger partial charge in [0, 0.05) is 38.0 Å². The maximum atomic E-state index is 9.01. The van der Waals surface area contributed by atoms with Gasteiger partial charge in [-0.05, 0) is 0 Å². The molecule has 0 amide bonds. The van der Waals surface area contributed by atoms with Crippen LogP contribution in [0.25, 0.3) is 0 Å². The van der Waals surface area contributed by atoms with Gasteiger partial charge in [-0.2, -0.15) is 0 Å². The third-order valence-electron chi connectivity index (χ3n) is 2.23. The summed E-state index contributed by atoms with van der Waals surface area (Å²) >= 11 is 0. The first-order valence-corrected chi connectivity index (χ1v) is 4.21. The van der Waals surface area contributed by atoms with E-state index < -0.39 is 0 Å². The number of imidazole rings is 1. The molecule has 2 heterocycles. The molecule has 82 valence electrons. The van der Waals surface area contributed by atoms with Crippen LogP contribution >= 0.6 is 24.8 Å². The fourth-order valence-corrected chi connectivity index (χ4v) is 1.53. The van der Waals surface area contributed by atoms with Crippen LogP contribution < -0.4 is 5.32 Å². The van der Waals surface area contributed by atoms with Crippen molar-refractivity contribution in [3.05, 3.63) is 18.2 Å². The number of halogens is 2. The van der Waals surface area contributed by atoms with Gasteiger partial charge >= 0.3 is 0 Å². The first kappa shape index (κ1) is 13.7. The Kier molecular flexibility index (Phi) is 6.11. The van der Waals surface area contributed by atoms with Crippen molar-refractivity contribution in [2.24, 2.45) is 5.92 Å². The Morgan fingerprint density at radius 3 is 3.07 bits per heavy atom. The molecule has 4 nitrogen and oxygen atoms in total. The fourth-order valence-electron chi connectivity index (χ4n) is 1.53. The van der Waals surface area contributed by atoms with Crippen molar-refractivity contribution in [1.29, 1.82) is 0 Å². The van der Waals surface area contributed by atoms with Crippen molar-refractivity contribution >= 4 is 24.8 Å². The molecule has 1 aliphatic rings. The van der Waals surface area contributed by atoms with Gasteiger partial charge in [-0.3, -0.25) is 0 Å². The van der Waals surface area contributed by atoms with E-state index in [1.165, 1.54) is 0 Å². The van der Waals surface area contributed by atoms with Gasteiger partial charge in [0.2, 0.25) is 0 Å². The number of hydrogen-bond donors (Lipinski definition) is 2. The maximum absolute atomic E-state index is 9.01. The molecule has 0 saturated carbocycles. The first-order valence-electron chi connectivity index (χ1n) is 4.21. The van der Waals surface area contributed by atoms with Crippen LogP contribution in [0.3, 0.4) is 0 Å². The Morgan fingerprint density at radius 2 is 2.36 bits per heavy atom. The number of fused-ring (bicyclic) bond motifs is 1. The molecule has 0 saturated heterocycles. The zero-order valence-corrected chi connectivity index (χ0v) is 9.35. The minimum Gasteiger partial charge on any atom is -0.396 e. The second-order valence-electron chi connectivity index (χ2n) is 3.18. The molecule has 1 unspecified atom stereocenters. The Hall–Kier alpha value is -0.290. The van der Waals surface area contributed by atoms with Crippen LogP contribution in [0.5, 0.6) is 0 Å². The molecule has 1 aromatic rings. The number of aliphatic hydroxyl groups excluding tert-OH is 1.